The van der Waals surface area contributed by atoms with Crippen molar-refractivity contribution < 1.29 is 13.2 Å². The van der Waals surface area contributed by atoms with Crippen LogP contribution in [0.5, 0.6) is 5.75 Å². The Morgan fingerprint density at radius 3 is 2.46 bits per heavy atom. The highest BCUT2D eigenvalue weighted by atomic mass is 79.9. The van der Waals surface area contributed by atoms with E-state index in [0.717, 1.165) is 16.3 Å². The predicted molar refractivity (Wildman–Crippen MR) is 98.7 cm³/mol. The summed E-state index contributed by atoms with van der Waals surface area (Å²) in [6.45, 7) is 0.233. The quantitative estimate of drug-likeness (QED) is 0.695. The molecule has 0 radical (unpaired) electrons. The summed E-state index contributed by atoms with van der Waals surface area (Å²) in [6.07, 6.45) is 0. The van der Waals surface area contributed by atoms with Crippen LogP contribution in [0.15, 0.2) is 70.0 Å². The minimum Gasteiger partial charge on any atom is -0.496 e. The van der Waals surface area contributed by atoms with Crippen LogP contribution in [0.4, 0.5) is 0 Å². The molecule has 24 heavy (non-hydrogen) atoms. The van der Waals surface area contributed by atoms with Gasteiger partial charge in [-0.3, -0.25) is 0 Å². The Morgan fingerprint density at radius 1 is 1.00 bits per heavy atom. The van der Waals surface area contributed by atoms with Crippen LogP contribution < -0.4 is 9.46 Å². The van der Waals surface area contributed by atoms with Crippen molar-refractivity contribution in [3.63, 3.8) is 0 Å². The summed E-state index contributed by atoms with van der Waals surface area (Å²) in [5.41, 5.74) is 0.907. The van der Waals surface area contributed by atoms with Crippen molar-refractivity contribution in [3.05, 3.63) is 70.7 Å². The number of hydrogen-bond acceptors (Lipinski definition) is 3. The second-order valence-corrected chi connectivity index (χ2v) is 7.92. The van der Waals surface area contributed by atoms with Crippen molar-refractivity contribution in [2.75, 3.05) is 7.11 Å². The third-order valence-electron chi connectivity index (χ3n) is 3.71. The van der Waals surface area contributed by atoms with Gasteiger partial charge in [0.15, 0.2) is 0 Å². The molecule has 3 rings (SSSR count). The van der Waals surface area contributed by atoms with Gasteiger partial charge in [0.2, 0.25) is 10.0 Å². The molecule has 3 aromatic rings. The van der Waals surface area contributed by atoms with Crippen molar-refractivity contribution in [2.45, 2.75) is 11.4 Å². The molecular formula is C18H16BrNO3S. The molecule has 0 saturated carbocycles. The molecule has 0 aliphatic carbocycles. The van der Waals surface area contributed by atoms with E-state index in [-0.39, 0.29) is 11.4 Å². The van der Waals surface area contributed by atoms with Gasteiger partial charge in [-0.15, -0.1) is 0 Å². The van der Waals surface area contributed by atoms with Gasteiger partial charge in [-0.2, -0.15) is 0 Å². The Labute approximate surface area is 149 Å². The molecule has 3 aromatic carbocycles. The number of nitrogens with one attached hydrogen (secondary N) is 1. The fourth-order valence-electron chi connectivity index (χ4n) is 2.42. The monoisotopic (exact) mass is 405 g/mol. The molecule has 0 bridgehead atoms. The van der Waals surface area contributed by atoms with E-state index in [2.05, 4.69) is 20.7 Å². The van der Waals surface area contributed by atoms with Crippen LogP contribution in [-0.2, 0) is 16.6 Å². The molecule has 0 aromatic heterocycles. The van der Waals surface area contributed by atoms with E-state index < -0.39 is 10.0 Å². The Balaban J connectivity index is 1.80. The molecule has 6 heteroatoms. The van der Waals surface area contributed by atoms with E-state index in [1.807, 2.05) is 42.5 Å². The van der Waals surface area contributed by atoms with Gasteiger partial charge in [0.1, 0.15) is 5.75 Å². The van der Waals surface area contributed by atoms with Crippen molar-refractivity contribution in [2.24, 2.45) is 0 Å². The van der Waals surface area contributed by atoms with Gasteiger partial charge in [0.05, 0.1) is 16.5 Å². The topological polar surface area (TPSA) is 55.4 Å². The summed E-state index contributed by atoms with van der Waals surface area (Å²) in [4.78, 5) is 0.191. The maximum atomic E-state index is 12.4. The number of benzene rings is 3. The first-order chi connectivity index (χ1) is 11.5. The van der Waals surface area contributed by atoms with Crippen LogP contribution in [-0.4, -0.2) is 15.5 Å². The van der Waals surface area contributed by atoms with Crippen LogP contribution in [0, 0.1) is 0 Å². The lowest BCUT2D eigenvalue weighted by molar-refractivity contribution is 0.411. The van der Waals surface area contributed by atoms with Crippen molar-refractivity contribution in [1.82, 2.24) is 4.72 Å². The van der Waals surface area contributed by atoms with Crippen molar-refractivity contribution in [1.29, 1.82) is 0 Å². The minimum absolute atomic E-state index is 0.191. The largest absolute Gasteiger partial charge is 0.496 e. The van der Waals surface area contributed by atoms with E-state index in [1.54, 1.807) is 6.07 Å². The molecule has 0 aliphatic heterocycles. The predicted octanol–water partition coefficient (Wildman–Crippen LogP) is 4.09. The zero-order chi connectivity index (χ0) is 17.2. The minimum atomic E-state index is -3.59. The van der Waals surface area contributed by atoms with Crippen LogP contribution >= 0.6 is 15.9 Å². The first-order valence-electron chi connectivity index (χ1n) is 7.30. The van der Waals surface area contributed by atoms with E-state index >= 15 is 0 Å². The first kappa shape index (κ1) is 17.0. The lowest BCUT2D eigenvalue weighted by Crippen LogP contribution is -2.23. The highest BCUT2D eigenvalue weighted by Gasteiger charge is 2.15. The van der Waals surface area contributed by atoms with Gasteiger partial charge < -0.3 is 4.74 Å². The standard InChI is InChI=1S/C18H16BrNO3S/c1-23-18-9-8-16(11-17(18)19)24(21,22)20-12-13-6-7-14-4-2-3-5-15(14)10-13/h2-11,20H,12H2,1H3. The third-order valence-corrected chi connectivity index (χ3v) is 5.73. The third kappa shape index (κ3) is 3.61. The summed E-state index contributed by atoms with van der Waals surface area (Å²) in [7, 11) is -2.06. The molecule has 4 nitrogen and oxygen atoms in total. The Kier molecular flexibility index (Phi) is 4.89. The average molecular weight is 406 g/mol. The Bertz CT molecular complexity index is 986. The normalized spacial score (nSPS) is 11.6. The van der Waals surface area contributed by atoms with Crippen molar-refractivity contribution >= 4 is 36.7 Å². The van der Waals surface area contributed by atoms with E-state index in [9.17, 15) is 8.42 Å². The lowest BCUT2D eigenvalue weighted by atomic mass is 10.1. The van der Waals surface area contributed by atoms with E-state index in [1.165, 1.54) is 19.2 Å². The van der Waals surface area contributed by atoms with E-state index in [0.29, 0.717) is 10.2 Å². The maximum absolute atomic E-state index is 12.4. The second kappa shape index (κ2) is 6.93. The summed E-state index contributed by atoms with van der Waals surface area (Å²) in [5, 5.41) is 2.21. The number of rotatable bonds is 5. The van der Waals surface area contributed by atoms with Gasteiger partial charge in [0, 0.05) is 6.54 Å². The van der Waals surface area contributed by atoms with Crippen LogP contribution in [0.2, 0.25) is 0 Å². The fraction of sp³-hybridized carbons (Fsp3) is 0.111. The summed E-state index contributed by atoms with van der Waals surface area (Å²) in [6, 6.07) is 18.5. The molecule has 124 valence electrons. The number of hydrogen-bond donors (Lipinski definition) is 1. The molecule has 0 amide bonds. The molecule has 0 atom stereocenters. The molecule has 0 spiro atoms. The average Bonchev–Trinajstić information content (AvgIpc) is 2.60. The number of halogens is 1. The summed E-state index contributed by atoms with van der Waals surface area (Å²) in [5.74, 6) is 0.587. The zero-order valence-corrected chi connectivity index (χ0v) is 15.4. The first-order valence-corrected chi connectivity index (χ1v) is 9.58. The number of sulfonamides is 1. The van der Waals surface area contributed by atoms with Gasteiger partial charge >= 0.3 is 0 Å². The van der Waals surface area contributed by atoms with Crippen LogP contribution in [0.25, 0.3) is 10.8 Å². The van der Waals surface area contributed by atoms with Gasteiger partial charge in [-0.1, -0.05) is 36.4 Å². The smallest absolute Gasteiger partial charge is 0.240 e. The Hall–Kier alpha value is -1.89. The highest BCUT2D eigenvalue weighted by molar-refractivity contribution is 9.10. The van der Waals surface area contributed by atoms with Crippen LogP contribution in [0.3, 0.4) is 0 Å². The molecule has 0 fully saturated rings. The Morgan fingerprint density at radius 2 is 1.75 bits per heavy atom. The fourth-order valence-corrected chi connectivity index (χ4v) is 4.16. The van der Waals surface area contributed by atoms with Gasteiger partial charge in [-0.05, 0) is 56.5 Å². The molecular weight excluding hydrogens is 390 g/mol. The van der Waals surface area contributed by atoms with Crippen LogP contribution in [0.1, 0.15) is 5.56 Å². The SMILES string of the molecule is COc1ccc(S(=O)(=O)NCc2ccc3ccccc3c2)cc1Br. The van der Waals surface area contributed by atoms with Gasteiger partial charge in [0.25, 0.3) is 0 Å². The van der Waals surface area contributed by atoms with Gasteiger partial charge in [-0.25, -0.2) is 13.1 Å². The molecule has 1 N–H and O–H groups in total. The molecule has 0 aliphatic rings. The zero-order valence-electron chi connectivity index (χ0n) is 13.0. The molecule has 0 unspecified atom stereocenters. The molecule has 0 heterocycles. The maximum Gasteiger partial charge on any atom is 0.240 e. The second-order valence-electron chi connectivity index (χ2n) is 5.30. The van der Waals surface area contributed by atoms with E-state index in [4.69, 9.17) is 4.74 Å². The number of fused-ring (bicyclic) bond motifs is 1. The number of methoxy groups -OCH3 is 1. The summed E-state index contributed by atoms with van der Waals surface area (Å²) < 4.78 is 33.2. The van der Waals surface area contributed by atoms with Crippen molar-refractivity contribution in [3.8, 4) is 5.75 Å². The molecule has 0 saturated heterocycles. The summed E-state index contributed by atoms with van der Waals surface area (Å²) >= 11 is 3.31. The lowest BCUT2D eigenvalue weighted by Gasteiger charge is -2.10. The number of ether oxygens (including phenoxy) is 1. The highest BCUT2D eigenvalue weighted by Crippen LogP contribution is 2.27.